The van der Waals surface area contributed by atoms with E-state index in [9.17, 15) is 13.6 Å². The Morgan fingerprint density at radius 1 is 1.39 bits per heavy atom. The van der Waals surface area contributed by atoms with Gasteiger partial charge in [-0.2, -0.15) is 0 Å². The van der Waals surface area contributed by atoms with E-state index in [1.807, 2.05) is 0 Å². The molecule has 0 aliphatic rings. The quantitative estimate of drug-likeness (QED) is 0.911. The van der Waals surface area contributed by atoms with Crippen LogP contribution < -0.4 is 5.32 Å². The molecule has 0 radical (unpaired) electrons. The van der Waals surface area contributed by atoms with Crippen molar-refractivity contribution in [2.24, 2.45) is 0 Å². The van der Waals surface area contributed by atoms with Crippen LogP contribution in [-0.4, -0.2) is 16.1 Å². The monoisotopic (exact) mass is 253 g/mol. The van der Waals surface area contributed by atoms with Crippen LogP contribution in [0.2, 0.25) is 0 Å². The molecule has 0 saturated heterocycles. The molecule has 18 heavy (non-hydrogen) atoms. The topological polar surface area (TPSA) is 68.0 Å². The Kier molecular flexibility index (Phi) is 3.31. The Labute approximate surface area is 101 Å². The molecule has 0 bridgehead atoms. The van der Waals surface area contributed by atoms with E-state index in [0.717, 1.165) is 6.07 Å². The molecule has 0 saturated carbocycles. The van der Waals surface area contributed by atoms with Crippen LogP contribution in [0, 0.1) is 11.6 Å². The number of carbonyl (C=O) groups excluding carboxylic acids is 1. The van der Waals surface area contributed by atoms with Gasteiger partial charge in [0.1, 0.15) is 11.6 Å². The summed E-state index contributed by atoms with van der Waals surface area (Å²) in [6, 6.07) is 2.85. The highest BCUT2D eigenvalue weighted by molar-refractivity contribution is 5.88. The van der Waals surface area contributed by atoms with Crippen LogP contribution in [-0.2, 0) is 4.79 Å². The Balaban J connectivity index is 2.26. The van der Waals surface area contributed by atoms with Crippen molar-refractivity contribution in [1.82, 2.24) is 10.2 Å². The van der Waals surface area contributed by atoms with Crippen LogP contribution in [0.25, 0.3) is 11.5 Å². The maximum atomic E-state index is 13.4. The Hall–Kier alpha value is -2.31. The summed E-state index contributed by atoms with van der Waals surface area (Å²) in [4.78, 5) is 11.1. The number of hydrogen-bond donors (Lipinski definition) is 1. The summed E-state index contributed by atoms with van der Waals surface area (Å²) in [6.07, 6.45) is 0.253. The van der Waals surface area contributed by atoms with Crippen molar-refractivity contribution < 1.29 is 18.0 Å². The number of nitrogens with zero attached hydrogens (tertiary/aromatic N) is 2. The van der Waals surface area contributed by atoms with Crippen molar-refractivity contribution in [1.29, 1.82) is 0 Å². The fraction of sp³-hybridized carbons (Fsp3) is 0.182. The molecule has 1 aromatic heterocycles. The van der Waals surface area contributed by atoms with E-state index in [2.05, 4.69) is 15.5 Å². The lowest BCUT2D eigenvalue weighted by Gasteiger charge is -1.97. The van der Waals surface area contributed by atoms with Crippen LogP contribution in [0.1, 0.15) is 13.3 Å². The SMILES string of the molecule is CCC(=O)Nc1nnc(-c2ccc(F)cc2F)o1. The predicted molar refractivity (Wildman–Crippen MR) is 58.6 cm³/mol. The highest BCUT2D eigenvalue weighted by Crippen LogP contribution is 2.23. The summed E-state index contributed by atoms with van der Waals surface area (Å²) in [7, 11) is 0. The first-order chi connectivity index (χ1) is 8.60. The Bertz CT molecular complexity index is 583. The molecule has 7 heteroatoms. The van der Waals surface area contributed by atoms with Crippen LogP contribution >= 0.6 is 0 Å². The fourth-order valence-electron chi connectivity index (χ4n) is 1.25. The number of anilines is 1. The van der Waals surface area contributed by atoms with Crippen molar-refractivity contribution in [2.75, 3.05) is 5.32 Å². The largest absolute Gasteiger partial charge is 0.403 e. The standard InChI is InChI=1S/C11H9F2N3O2/c1-2-9(17)14-11-16-15-10(18-11)7-4-3-6(12)5-8(7)13/h3-5H,2H2,1H3,(H,14,16,17). The Morgan fingerprint density at radius 2 is 2.17 bits per heavy atom. The van der Waals surface area contributed by atoms with Crippen LogP contribution in [0.5, 0.6) is 0 Å². The van der Waals surface area contributed by atoms with Gasteiger partial charge in [-0.05, 0) is 12.1 Å². The third kappa shape index (κ3) is 2.50. The number of benzene rings is 1. The number of aromatic nitrogens is 2. The number of amides is 1. The average Bonchev–Trinajstić information content (AvgIpc) is 2.77. The van der Waals surface area contributed by atoms with Crippen LogP contribution in [0.4, 0.5) is 14.8 Å². The summed E-state index contributed by atoms with van der Waals surface area (Å²) in [5.74, 6) is -1.94. The minimum atomic E-state index is -0.813. The molecule has 1 heterocycles. The second-order valence-corrected chi connectivity index (χ2v) is 3.44. The average molecular weight is 253 g/mol. The van der Waals surface area contributed by atoms with E-state index in [1.54, 1.807) is 6.92 Å². The number of nitrogens with one attached hydrogen (secondary N) is 1. The first kappa shape index (κ1) is 12.2. The molecule has 0 aliphatic heterocycles. The van der Waals surface area contributed by atoms with Gasteiger partial charge < -0.3 is 4.42 Å². The van der Waals surface area contributed by atoms with E-state index in [4.69, 9.17) is 4.42 Å². The molecule has 0 atom stereocenters. The van der Waals surface area contributed by atoms with Crippen LogP contribution in [0.3, 0.4) is 0 Å². The molecule has 1 aromatic carbocycles. The first-order valence-electron chi connectivity index (χ1n) is 5.19. The van der Waals surface area contributed by atoms with Gasteiger partial charge in [0.25, 0.3) is 5.89 Å². The molecule has 0 fully saturated rings. The number of rotatable bonds is 3. The van der Waals surface area contributed by atoms with Gasteiger partial charge in [-0.3, -0.25) is 10.1 Å². The lowest BCUT2D eigenvalue weighted by Crippen LogP contribution is -2.09. The van der Waals surface area contributed by atoms with Gasteiger partial charge in [0.15, 0.2) is 0 Å². The minimum absolute atomic E-state index is 0.0269. The van der Waals surface area contributed by atoms with E-state index in [1.165, 1.54) is 6.07 Å². The minimum Gasteiger partial charge on any atom is -0.403 e. The van der Waals surface area contributed by atoms with Crippen molar-refractivity contribution in [3.05, 3.63) is 29.8 Å². The van der Waals surface area contributed by atoms with Gasteiger partial charge in [0, 0.05) is 12.5 Å². The zero-order chi connectivity index (χ0) is 13.1. The lowest BCUT2D eigenvalue weighted by molar-refractivity contribution is -0.116. The van der Waals surface area contributed by atoms with Gasteiger partial charge in [-0.1, -0.05) is 12.0 Å². The van der Waals surface area contributed by atoms with Crippen molar-refractivity contribution in [2.45, 2.75) is 13.3 Å². The van der Waals surface area contributed by atoms with Gasteiger partial charge >= 0.3 is 6.01 Å². The summed E-state index contributed by atoms with van der Waals surface area (Å²) >= 11 is 0. The summed E-state index contributed by atoms with van der Waals surface area (Å²) in [5, 5.41) is 9.44. The van der Waals surface area contributed by atoms with Crippen molar-refractivity contribution in [3.8, 4) is 11.5 Å². The zero-order valence-electron chi connectivity index (χ0n) is 9.41. The molecule has 1 N–H and O–H groups in total. The van der Waals surface area contributed by atoms with E-state index in [-0.39, 0.29) is 29.8 Å². The normalized spacial score (nSPS) is 10.4. The maximum absolute atomic E-state index is 13.4. The van der Waals surface area contributed by atoms with E-state index in [0.29, 0.717) is 6.07 Å². The highest BCUT2D eigenvalue weighted by atomic mass is 19.1. The molecule has 2 aromatic rings. The molecule has 2 rings (SSSR count). The third-order valence-electron chi connectivity index (χ3n) is 2.15. The molecule has 94 valence electrons. The molecule has 0 spiro atoms. The molecular formula is C11H9F2N3O2. The molecule has 5 nitrogen and oxygen atoms in total. The van der Waals surface area contributed by atoms with Gasteiger partial charge in [0.05, 0.1) is 5.56 Å². The Morgan fingerprint density at radius 3 is 2.83 bits per heavy atom. The van der Waals surface area contributed by atoms with Crippen LogP contribution in [0.15, 0.2) is 22.6 Å². The summed E-state index contributed by atoms with van der Waals surface area (Å²) in [6.45, 7) is 1.66. The summed E-state index contributed by atoms with van der Waals surface area (Å²) in [5.41, 5.74) is -0.0269. The fourth-order valence-corrected chi connectivity index (χ4v) is 1.25. The lowest BCUT2D eigenvalue weighted by atomic mass is 10.2. The molecular weight excluding hydrogens is 244 g/mol. The zero-order valence-corrected chi connectivity index (χ0v) is 9.41. The number of carbonyl (C=O) groups is 1. The third-order valence-corrected chi connectivity index (χ3v) is 2.15. The second kappa shape index (κ2) is 4.91. The van der Waals surface area contributed by atoms with Crippen molar-refractivity contribution in [3.63, 3.8) is 0 Å². The van der Waals surface area contributed by atoms with Gasteiger partial charge in [-0.15, -0.1) is 5.10 Å². The maximum Gasteiger partial charge on any atom is 0.322 e. The second-order valence-electron chi connectivity index (χ2n) is 3.44. The van der Waals surface area contributed by atoms with Gasteiger partial charge in [-0.25, -0.2) is 8.78 Å². The smallest absolute Gasteiger partial charge is 0.322 e. The molecule has 1 amide bonds. The highest BCUT2D eigenvalue weighted by Gasteiger charge is 2.14. The van der Waals surface area contributed by atoms with Crippen molar-refractivity contribution >= 4 is 11.9 Å². The van der Waals surface area contributed by atoms with E-state index < -0.39 is 11.6 Å². The molecule has 0 aliphatic carbocycles. The number of halogens is 2. The predicted octanol–water partition coefficient (Wildman–Crippen LogP) is 2.36. The van der Waals surface area contributed by atoms with Gasteiger partial charge in [0.2, 0.25) is 5.91 Å². The number of hydrogen-bond acceptors (Lipinski definition) is 4. The summed E-state index contributed by atoms with van der Waals surface area (Å²) < 4.78 is 31.2. The van der Waals surface area contributed by atoms with E-state index >= 15 is 0 Å². The first-order valence-corrected chi connectivity index (χ1v) is 5.19. The molecule has 0 unspecified atom stereocenters.